The SMILES string of the molecule is N#CC1=C(N)N(c2sc3c(c2C#N)CCCCC3)C2=C(C(=O)CCC2)[C@@H]1c1ccc2c(c1)OCO2. The molecule has 2 aliphatic heterocycles. The van der Waals surface area contributed by atoms with Crippen LogP contribution in [0.3, 0.4) is 0 Å². The molecule has 0 radical (unpaired) electrons. The van der Waals surface area contributed by atoms with E-state index in [1.807, 2.05) is 23.1 Å². The maximum absolute atomic E-state index is 13.4. The lowest BCUT2D eigenvalue weighted by Gasteiger charge is -2.39. The minimum absolute atomic E-state index is 0.0239. The van der Waals surface area contributed by atoms with Crippen molar-refractivity contribution in [2.75, 3.05) is 11.7 Å². The number of thiophene rings is 1. The van der Waals surface area contributed by atoms with E-state index in [0.29, 0.717) is 53.3 Å². The van der Waals surface area contributed by atoms with Gasteiger partial charge in [-0.3, -0.25) is 9.69 Å². The quantitative estimate of drug-likeness (QED) is 0.602. The Labute approximate surface area is 207 Å². The number of nitriles is 2. The van der Waals surface area contributed by atoms with Gasteiger partial charge in [0.2, 0.25) is 6.79 Å². The summed E-state index contributed by atoms with van der Waals surface area (Å²) >= 11 is 1.59. The number of hydrogen-bond donors (Lipinski definition) is 1. The fraction of sp³-hybridized carbons (Fsp3) is 0.370. The molecule has 0 unspecified atom stereocenters. The third kappa shape index (κ3) is 3.32. The molecule has 1 aromatic carbocycles. The van der Waals surface area contributed by atoms with Gasteiger partial charge in [0, 0.05) is 22.6 Å². The number of allylic oxidation sites excluding steroid dienone is 3. The Balaban J connectivity index is 1.56. The number of ketones is 1. The second-order valence-corrected chi connectivity index (χ2v) is 10.4. The molecule has 6 rings (SSSR count). The minimum atomic E-state index is -0.572. The fourth-order valence-electron chi connectivity index (χ4n) is 5.75. The number of Topliss-reactive ketones (excluding diaryl/α,β-unsaturated/α-hetero) is 1. The fourth-order valence-corrected chi connectivity index (χ4v) is 7.12. The van der Waals surface area contributed by atoms with Gasteiger partial charge in [0.25, 0.3) is 0 Å². The number of benzene rings is 1. The van der Waals surface area contributed by atoms with Gasteiger partial charge in [0.05, 0.1) is 23.1 Å². The molecule has 1 atom stereocenters. The van der Waals surface area contributed by atoms with Gasteiger partial charge in [-0.1, -0.05) is 12.5 Å². The zero-order valence-corrected chi connectivity index (χ0v) is 20.0. The third-order valence-electron chi connectivity index (χ3n) is 7.36. The third-order valence-corrected chi connectivity index (χ3v) is 8.64. The van der Waals surface area contributed by atoms with Gasteiger partial charge < -0.3 is 15.2 Å². The summed E-state index contributed by atoms with van der Waals surface area (Å²) in [5.74, 6) is 0.994. The van der Waals surface area contributed by atoms with Crippen molar-refractivity contribution >= 4 is 22.1 Å². The zero-order chi connectivity index (χ0) is 24.1. The van der Waals surface area contributed by atoms with Crippen molar-refractivity contribution in [3.63, 3.8) is 0 Å². The summed E-state index contributed by atoms with van der Waals surface area (Å²) < 4.78 is 11.0. The van der Waals surface area contributed by atoms with Crippen LogP contribution in [0.5, 0.6) is 11.5 Å². The van der Waals surface area contributed by atoms with Crippen molar-refractivity contribution in [3.05, 3.63) is 62.4 Å². The lowest BCUT2D eigenvalue weighted by atomic mass is 9.75. The molecule has 2 aromatic rings. The Kier molecular flexibility index (Phi) is 5.27. The molecule has 0 bridgehead atoms. The van der Waals surface area contributed by atoms with Crippen LogP contribution in [0.1, 0.15) is 66.0 Å². The van der Waals surface area contributed by atoms with Crippen molar-refractivity contribution in [3.8, 4) is 23.6 Å². The molecule has 1 aromatic heterocycles. The number of nitrogens with two attached hydrogens (primary N) is 1. The second-order valence-electron chi connectivity index (χ2n) is 9.29. The molecule has 2 aliphatic carbocycles. The van der Waals surface area contributed by atoms with E-state index >= 15 is 0 Å². The van der Waals surface area contributed by atoms with E-state index in [9.17, 15) is 15.3 Å². The first kappa shape index (κ1) is 21.8. The maximum Gasteiger partial charge on any atom is 0.231 e. The van der Waals surface area contributed by atoms with Gasteiger partial charge in [-0.2, -0.15) is 10.5 Å². The number of carbonyl (C=O) groups excluding carboxylic acids is 1. The second kappa shape index (κ2) is 8.48. The van der Waals surface area contributed by atoms with E-state index in [0.717, 1.165) is 53.9 Å². The van der Waals surface area contributed by atoms with E-state index in [2.05, 4.69) is 12.1 Å². The average molecular weight is 485 g/mol. The Morgan fingerprint density at radius 2 is 1.83 bits per heavy atom. The van der Waals surface area contributed by atoms with E-state index in [1.54, 1.807) is 11.3 Å². The molecule has 8 heteroatoms. The molecule has 35 heavy (non-hydrogen) atoms. The van der Waals surface area contributed by atoms with Crippen molar-refractivity contribution in [1.82, 2.24) is 0 Å². The van der Waals surface area contributed by atoms with Crippen LogP contribution in [0.2, 0.25) is 0 Å². The summed E-state index contributed by atoms with van der Waals surface area (Å²) in [6.07, 6.45) is 6.95. The first-order chi connectivity index (χ1) is 17.1. The monoisotopic (exact) mass is 484 g/mol. The predicted molar refractivity (Wildman–Crippen MR) is 131 cm³/mol. The van der Waals surface area contributed by atoms with Crippen LogP contribution >= 0.6 is 11.3 Å². The smallest absolute Gasteiger partial charge is 0.231 e. The van der Waals surface area contributed by atoms with Gasteiger partial charge in [-0.15, -0.1) is 11.3 Å². The highest BCUT2D eigenvalue weighted by atomic mass is 32.1. The molecular formula is C27H24N4O3S. The minimum Gasteiger partial charge on any atom is -0.454 e. The molecule has 176 valence electrons. The molecule has 0 amide bonds. The normalized spacial score (nSPS) is 21.3. The Morgan fingerprint density at radius 3 is 2.66 bits per heavy atom. The molecule has 0 spiro atoms. The number of aryl methyl sites for hydroxylation is 1. The molecule has 0 saturated heterocycles. The maximum atomic E-state index is 13.4. The predicted octanol–water partition coefficient (Wildman–Crippen LogP) is 4.92. The number of ether oxygens (including phenoxy) is 2. The number of nitrogens with zero attached hydrogens (tertiary/aromatic N) is 3. The van der Waals surface area contributed by atoms with Gasteiger partial charge in [-0.05, 0) is 61.8 Å². The van der Waals surface area contributed by atoms with Crippen LogP contribution in [-0.2, 0) is 17.6 Å². The van der Waals surface area contributed by atoms with E-state index in [-0.39, 0.29) is 12.6 Å². The number of carbonyl (C=O) groups is 1. The summed E-state index contributed by atoms with van der Waals surface area (Å²) in [6.45, 7) is 0.146. The highest BCUT2D eigenvalue weighted by Crippen LogP contribution is 2.50. The van der Waals surface area contributed by atoms with Crippen molar-refractivity contribution < 1.29 is 14.3 Å². The van der Waals surface area contributed by atoms with Crippen molar-refractivity contribution in [2.45, 2.75) is 57.3 Å². The Bertz CT molecular complexity index is 1400. The van der Waals surface area contributed by atoms with E-state index in [4.69, 9.17) is 15.2 Å². The van der Waals surface area contributed by atoms with Crippen LogP contribution < -0.4 is 20.1 Å². The van der Waals surface area contributed by atoms with Gasteiger partial charge in [-0.25, -0.2) is 0 Å². The summed E-state index contributed by atoms with van der Waals surface area (Å²) in [6, 6.07) is 10.3. The number of fused-ring (bicyclic) bond motifs is 2. The van der Waals surface area contributed by atoms with E-state index < -0.39 is 5.92 Å². The average Bonchev–Trinajstić information content (AvgIpc) is 3.40. The lowest BCUT2D eigenvalue weighted by molar-refractivity contribution is -0.116. The highest BCUT2D eigenvalue weighted by molar-refractivity contribution is 7.16. The van der Waals surface area contributed by atoms with Crippen LogP contribution in [0.4, 0.5) is 5.00 Å². The number of rotatable bonds is 2. The molecule has 0 fully saturated rings. The molecule has 7 nitrogen and oxygen atoms in total. The van der Waals surface area contributed by atoms with Crippen LogP contribution in [0.15, 0.2) is 40.9 Å². The molecule has 4 aliphatic rings. The number of hydrogen-bond acceptors (Lipinski definition) is 8. The van der Waals surface area contributed by atoms with Gasteiger partial charge >= 0.3 is 0 Å². The van der Waals surface area contributed by atoms with Gasteiger partial charge in [0.15, 0.2) is 17.3 Å². The van der Waals surface area contributed by atoms with Crippen molar-refractivity contribution in [2.24, 2.45) is 5.73 Å². The van der Waals surface area contributed by atoms with Crippen LogP contribution in [-0.4, -0.2) is 12.6 Å². The highest BCUT2D eigenvalue weighted by Gasteiger charge is 2.42. The zero-order valence-electron chi connectivity index (χ0n) is 19.2. The Hall–Kier alpha value is -3.75. The standard InChI is InChI=1S/C27H24N4O3S/c28-12-17-16-5-2-1-3-8-23(16)35-27(17)31-19-6-4-7-20(32)25(19)24(18(13-29)26(31)30)15-9-10-21-22(11-15)34-14-33-21/h9-11,24H,1-8,14,30H2/t24-/m1/s1. The summed E-state index contributed by atoms with van der Waals surface area (Å²) in [5.41, 5.74) is 11.0. The topological polar surface area (TPSA) is 112 Å². The summed E-state index contributed by atoms with van der Waals surface area (Å²) in [7, 11) is 0. The summed E-state index contributed by atoms with van der Waals surface area (Å²) in [5, 5.41) is 21.2. The first-order valence-electron chi connectivity index (χ1n) is 12.0. The number of anilines is 1. The molecule has 3 heterocycles. The van der Waals surface area contributed by atoms with Gasteiger partial charge in [0.1, 0.15) is 16.9 Å². The molecule has 0 saturated carbocycles. The largest absolute Gasteiger partial charge is 0.454 e. The van der Waals surface area contributed by atoms with Crippen LogP contribution in [0.25, 0.3) is 0 Å². The van der Waals surface area contributed by atoms with E-state index in [1.165, 1.54) is 4.88 Å². The van der Waals surface area contributed by atoms with Crippen molar-refractivity contribution in [1.29, 1.82) is 10.5 Å². The lowest BCUT2D eigenvalue weighted by Crippen LogP contribution is -2.38. The Morgan fingerprint density at radius 1 is 1.00 bits per heavy atom. The first-order valence-corrected chi connectivity index (χ1v) is 12.8. The molecular weight excluding hydrogens is 460 g/mol. The summed E-state index contributed by atoms with van der Waals surface area (Å²) in [4.78, 5) is 16.5. The van der Waals surface area contributed by atoms with Crippen LogP contribution in [0, 0.1) is 22.7 Å². The molecule has 2 N–H and O–H groups in total.